The lowest BCUT2D eigenvalue weighted by atomic mass is 10.2. The van der Waals surface area contributed by atoms with Gasteiger partial charge in [0.25, 0.3) is 5.91 Å². The number of halogens is 2. The van der Waals surface area contributed by atoms with Gasteiger partial charge in [-0.3, -0.25) is 9.69 Å². The van der Waals surface area contributed by atoms with Gasteiger partial charge in [-0.1, -0.05) is 30.4 Å². The molecule has 1 amide bonds. The van der Waals surface area contributed by atoms with E-state index in [4.69, 9.17) is 0 Å². The summed E-state index contributed by atoms with van der Waals surface area (Å²) in [5.41, 5.74) is 0.485. The predicted octanol–water partition coefficient (Wildman–Crippen LogP) is 4.25. The van der Waals surface area contributed by atoms with Crippen LogP contribution in [0.4, 0.5) is 9.52 Å². The molecule has 10 heteroatoms. The number of hydrogen-bond donors (Lipinski definition) is 0. The molecular formula is C21H25ClFN3O3S2. The molecule has 0 unspecified atom stereocenters. The molecule has 1 aromatic heterocycles. The van der Waals surface area contributed by atoms with Crippen LogP contribution in [0.2, 0.25) is 0 Å². The molecule has 0 saturated heterocycles. The maximum absolute atomic E-state index is 14.1. The van der Waals surface area contributed by atoms with Crippen molar-refractivity contribution in [3.8, 4) is 0 Å². The van der Waals surface area contributed by atoms with Gasteiger partial charge in [0, 0.05) is 12.1 Å². The summed E-state index contributed by atoms with van der Waals surface area (Å²) in [6.07, 6.45) is 0.685. The minimum atomic E-state index is -3.44. The Kier molecular flexibility index (Phi) is 8.53. The zero-order chi connectivity index (χ0) is 21.9. The highest BCUT2D eigenvalue weighted by atomic mass is 35.5. The van der Waals surface area contributed by atoms with Crippen molar-refractivity contribution in [2.75, 3.05) is 37.8 Å². The van der Waals surface area contributed by atoms with E-state index in [1.807, 2.05) is 19.0 Å². The highest BCUT2D eigenvalue weighted by Crippen LogP contribution is 2.31. The number of amides is 1. The molecule has 0 saturated carbocycles. The lowest BCUT2D eigenvalue weighted by molar-refractivity contribution is 0.0986. The largest absolute Gasteiger partial charge is 0.309 e. The molecule has 3 aromatic rings. The second-order valence-corrected chi connectivity index (χ2v) is 10.4. The molecular weight excluding hydrogens is 461 g/mol. The second kappa shape index (κ2) is 10.5. The van der Waals surface area contributed by atoms with Crippen molar-refractivity contribution in [2.45, 2.75) is 18.2 Å². The SMILES string of the molecule is CCS(=O)(=O)c1cccc(C(=O)N(CCCN(C)C)c2nc3c(F)cccc3s2)c1.Cl. The van der Waals surface area contributed by atoms with E-state index < -0.39 is 15.7 Å². The molecule has 0 aliphatic heterocycles. The van der Waals surface area contributed by atoms with Crippen LogP contribution in [0.25, 0.3) is 10.2 Å². The number of rotatable bonds is 8. The van der Waals surface area contributed by atoms with E-state index in [0.29, 0.717) is 22.8 Å². The van der Waals surface area contributed by atoms with Crippen LogP contribution in [0.3, 0.4) is 0 Å². The number of carbonyl (C=O) groups excluding carboxylic acids is 1. The Bertz CT molecular complexity index is 1170. The third-order valence-corrected chi connectivity index (χ3v) is 7.42. The van der Waals surface area contributed by atoms with Crippen LogP contribution in [0.5, 0.6) is 0 Å². The third-order valence-electron chi connectivity index (χ3n) is 4.64. The van der Waals surface area contributed by atoms with E-state index in [0.717, 1.165) is 6.54 Å². The Hall–Kier alpha value is -2.07. The quantitative estimate of drug-likeness (QED) is 0.477. The fraction of sp³-hybridized carbons (Fsp3) is 0.333. The molecule has 0 spiro atoms. The number of carbonyl (C=O) groups is 1. The Morgan fingerprint density at radius 3 is 2.48 bits per heavy atom. The fourth-order valence-corrected chi connectivity index (χ4v) is 4.92. The molecule has 31 heavy (non-hydrogen) atoms. The monoisotopic (exact) mass is 485 g/mol. The smallest absolute Gasteiger partial charge is 0.260 e. The zero-order valence-electron chi connectivity index (χ0n) is 17.5. The summed E-state index contributed by atoms with van der Waals surface area (Å²) >= 11 is 1.24. The summed E-state index contributed by atoms with van der Waals surface area (Å²) < 4.78 is 39.3. The molecule has 168 valence electrons. The zero-order valence-corrected chi connectivity index (χ0v) is 20.0. The van der Waals surface area contributed by atoms with Crippen molar-refractivity contribution in [1.29, 1.82) is 0 Å². The summed E-state index contributed by atoms with van der Waals surface area (Å²) in [7, 11) is 0.447. The summed E-state index contributed by atoms with van der Waals surface area (Å²) in [5, 5.41) is 0.391. The number of aromatic nitrogens is 1. The van der Waals surface area contributed by atoms with Gasteiger partial charge in [-0.2, -0.15) is 0 Å². The Morgan fingerprint density at radius 2 is 1.84 bits per heavy atom. The van der Waals surface area contributed by atoms with E-state index in [9.17, 15) is 17.6 Å². The van der Waals surface area contributed by atoms with Crippen LogP contribution < -0.4 is 4.90 Å². The van der Waals surface area contributed by atoms with Crippen LogP contribution in [0.15, 0.2) is 47.4 Å². The number of para-hydroxylation sites is 1. The van der Waals surface area contributed by atoms with E-state index in [1.165, 1.54) is 34.4 Å². The second-order valence-electron chi connectivity index (χ2n) is 7.13. The average Bonchev–Trinajstić information content (AvgIpc) is 3.16. The van der Waals surface area contributed by atoms with Crippen LogP contribution >= 0.6 is 23.7 Å². The summed E-state index contributed by atoms with van der Waals surface area (Å²) in [5.74, 6) is -0.845. The number of sulfone groups is 1. The molecule has 0 N–H and O–H groups in total. The van der Waals surface area contributed by atoms with Gasteiger partial charge >= 0.3 is 0 Å². The lowest BCUT2D eigenvalue weighted by Crippen LogP contribution is -2.33. The highest BCUT2D eigenvalue weighted by molar-refractivity contribution is 7.91. The van der Waals surface area contributed by atoms with Crippen LogP contribution in [0, 0.1) is 5.82 Å². The van der Waals surface area contributed by atoms with Crippen LogP contribution in [0.1, 0.15) is 23.7 Å². The van der Waals surface area contributed by atoms with Crippen molar-refractivity contribution in [3.05, 3.63) is 53.8 Å². The van der Waals surface area contributed by atoms with Crippen molar-refractivity contribution >= 4 is 54.8 Å². The molecule has 2 aromatic carbocycles. The van der Waals surface area contributed by atoms with Crippen LogP contribution in [-0.2, 0) is 9.84 Å². The lowest BCUT2D eigenvalue weighted by Gasteiger charge is -2.21. The summed E-state index contributed by atoms with van der Waals surface area (Å²) in [6.45, 7) is 2.70. The van der Waals surface area contributed by atoms with E-state index in [2.05, 4.69) is 4.98 Å². The number of fused-ring (bicyclic) bond motifs is 1. The van der Waals surface area contributed by atoms with Crippen molar-refractivity contribution in [1.82, 2.24) is 9.88 Å². The minimum Gasteiger partial charge on any atom is -0.309 e. The molecule has 0 aliphatic rings. The molecule has 6 nitrogen and oxygen atoms in total. The first kappa shape index (κ1) is 25.2. The number of thiazole rings is 1. The van der Waals surface area contributed by atoms with Gasteiger partial charge in [0.15, 0.2) is 15.0 Å². The molecule has 3 rings (SSSR count). The first-order chi connectivity index (χ1) is 14.2. The number of benzene rings is 2. The third kappa shape index (κ3) is 5.79. The highest BCUT2D eigenvalue weighted by Gasteiger charge is 2.23. The normalized spacial score (nSPS) is 11.5. The van der Waals surface area contributed by atoms with Gasteiger partial charge in [-0.15, -0.1) is 12.4 Å². The first-order valence-corrected chi connectivity index (χ1v) is 12.0. The standard InChI is InChI=1S/C21H24FN3O3S2.ClH/c1-4-30(27,28)16-9-5-8-15(14-16)20(26)25(13-7-12-24(2)3)21-23-19-17(22)10-6-11-18(19)29-21;/h5-6,8-11,14H,4,7,12-13H2,1-3H3;1H. The maximum atomic E-state index is 14.1. The Morgan fingerprint density at radius 1 is 1.13 bits per heavy atom. The molecule has 1 heterocycles. The number of nitrogens with zero attached hydrogens (tertiary/aromatic N) is 3. The molecule has 0 atom stereocenters. The average molecular weight is 486 g/mol. The van der Waals surface area contributed by atoms with E-state index in [1.54, 1.807) is 31.2 Å². The first-order valence-electron chi connectivity index (χ1n) is 9.57. The van der Waals surface area contributed by atoms with Gasteiger partial charge in [0.2, 0.25) is 0 Å². The molecule has 0 aliphatic carbocycles. The van der Waals surface area contributed by atoms with Crippen molar-refractivity contribution in [3.63, 3.8) is 0 Å². The Labute approximate surface area is 192 Å². The molecule has 0 fully saturated rings. The minimum absolute atomic E-state index is 0. The number of anilines is 1. The topological polar surface area (TPSA) is 70.6 Å². The van der Waals surface area contributed by atoms with Gasteiger partial charge in [0.1, 0.15) is 11.3 Å². The summed E-state index contributed by atoms with van der Waals surface area (Å²) in [4.78, 5) is 21.3. The van der Waals surface area contributed by atoms with Crippen molar-refractivity contribution < 1.29 is 17.6 Å². The maximum Gasteiger partial charge on any atom is 0.260 e. The van der Waals surface area contributed by atoms with Crippen LogP contribution in [-0.4, -0.2) is 57.1 Å². The molecule has 0 radical (unpaired) electrons. The number of hydrogen-bond acceptors (Lipinski definition) is 6. The van der Waals surface area contributed by atoms with Gasteiger partial charge in [0.05, 0.1) is 15.3 Å². The summed E-state index contributed by atoms with van der Waals surface area (Å²) in [6, 6.07) is 10.7. The predicted molar refractivity (Wildman–Crippen MR) is 126 cm³/mol. The van der Waals surface area contributed by atoms with E-state index >= 15 is 0 Å². The van der Waals surface area contributed by atoms with Crippen molar-refractivity contribution in [2.24, 2.45) is 0 Å². The van der Waals surface area contributed by atoms with Gasteiger partial charge in [-0.05, 0) is 57.4 Å². The Balaban J connectivity index is 0.00000341. The van der Waals surface area contributed by atoms with Gasteiger partial charge in [-0.25, -0.2) is 17.8 Å². The van der Waals surface area contributed by atoms with E-state index in [-0.39, 0.29) is 40.0 Å². The molecule has 0 bridgehead atoms. The fourth-order valence-electron chi connectivity index (χ4n) is 2.99. The van der Waals surface area contributed by atoms with Gasteiger partial charge < -0.3 is 4.90 Å².